The van der Waals surface area contributed by atoms with Gasteiger partial charge in [0.15, 0.2) is 0 Å². The van der Waals surface area contributed by atoms with Crippen molar-refractivity contribution in [1.82, 2.24) is 9.62 Å². The van der Waals surface area contributed by atoms with Crippen LogP contribution < -0.4 is 9.46 Å². The first-order valence-electron chi connectivity index (χ1n) is 10.00. The topological polar surface area (TPSA) is 58.6 Å². The molecule has 0 aromatic heterocycles. The summed E-state index contributed by atoms with van der Waals surface area (Å²) in [6, 6.07) is 14.8. The predicted octanol–water partition coefficient (Wildman–Crippen LogP) is 3.73. The van der Waals surface area contributed by atoms with E-state index in [1.807, 2.05) is 31.2 Å². The van der Waals surface area contributed by atoms with Crippen LogP contribution >= 0.6 is 0 Å². The maximum atomic E-state index is 12.4. The van der Waals surface area contributed by atoms with Crippen molar-refractivity contribution in [3.63, 3.8) is 0 Å². The van der Waals surface area contributed by atoms with Gasteiger partial charge in [-0.2, -0.15) is 0 Å². The van der Waals surface area contributed by atoms with E-state index in [-0.39, 0.29) is 6.23 Å². The summed E-state index contributed by atoms with van der Waals surface area (Å²) in [6.45, 7) is 6.55. The fraction of sp³-hybridized carbons (Fsp3) is 0.455. The number of ether oxygens (including phenoxy) is 1. The average molecular weight is 403 g/mol. The molecular formula is C22H30N2O3S. The normalized spacial score (nSPS) is 16.6. The van der Waals surface area contributed by atoms with Crippen LogP contribution in [0, 0.1) is 6.92 Å². The Balaban J connectivity index is 1.53. The van der Waals surface area contributed by atoms with Crippen molar-refractivity contribution in [3.8, 4) is 5.75 Å². The highest BCUT2D eigenvalue weighted by Gasteiger charge is 2.18. The SMILES string of the molecule is Cc1ccc(S(=O)(=O)NCCc2cccc(OC(C)N3CCCCC3)c2)cc1. The van der Waals surface area contributed by atoms with Gasteiger partial charge in [-0.1, -0.05) is 36.2 Å². The number of piperidine rings is 1. The molecule has 0 aliphatic carbocycles. The summed E-state index contributed by atoms with van der Waals surface area (Å²) >= 11 is 0. The monoisotopic (exact) mass is 402 g/mol. The zero-order valence-electron chi connectivity index (χ0n) is 16.7. The van der Waals surface area contributed by atoms with Crippen LogP contribution in [0.25, 0.3) is 0 Å². The van der Waals surface area contributed by atoms with Crippen LogP contribution in [0.15, 0.2) is 53.4 Å². The van der Waals surface area contributed by atoms with E-state index < -0.39 is 10.0 Å². The Morgan fingerprint density at radius 3 is 2.50 bits per heavy atom. The zero-order chi connectivity index (χ0) is 20.0. The number of hydrogen-bond acceptors (Lipinski definition) is 4. The number of benzene rings is 2. The minimum absolute atomic E-state index is 0.0515. The van der Waals surface area contributed by atoms with Gasteiger partial charge in [0.25, 0.3) is 0 Å². The molecule has 152 valence electrons. The van der Waals surface area contributed by atoms with Gasteiger partial charge >= 0.3 is 0 Å². The van der Waals surface area contributed by atoms with Gasteiger partial charge in [0.1, 0.15) is 12.0 Å². The van der Waals surface area contributed by atoms with Crippen LogP contribution in [0.3, 0.4) is 0 Å². The summed E-state index contributed by atoms with van der Waals surface area (Å²) in [5.74, 6) is 0.831. The standard InChI is InChI=1S/C22H30N2O3S/c1-18-9-11-22(12-10-18)28(25,26)23-14-13-20-7-6-8-21(17-20)27-19(2)24-15-4-3-5-16-24/h6-12,17,19,23H,3-5,13-16H2,1-2H3. The van der Waals surface area contributed by atoms with Crippen molar-refractivity contribution in [2.24, 2.45) is 0 Å². The van der Waals surface area contributed by atoms with Gasteiger partial charge in [-0.15, -0.1) is 0 Å². The smallest absolute Gasteiger partial charge is 0.240 e. The molecule has 5 nitrogen and oxygen atoms in total. The molecule has 0 saturated carbocycles. The van der Waals surface area contributed by atoms with Crippen molar-refractivity contribution in [1.29, 1.82) is 0 Å². The second kappa shape index (κ2) is 9.54. The summed E-state index contributed by atoms with van der Waals surface area (Å²) < 4.78 is 33.5. The Hall–Kier alpha value is -1.89. The van der Waals surface area contributed by atoms with Crippen LogP contribution in [0.5, 0.6) is 5.75 Å². The third kappa shape index (κ3) is 5.80. The van der Waals surface area contributed by atoms with E-state index in [0.717, 1.165) is 30.0 Å². The highest BCUT2D eigenvalue weighted by molar-refractivity contribution is 7.89. The lowest BCUT2D eigenvalue weighted by atomic mass is 10.1. The third-order valence-corrected chi connectivity index (χ3v) is 6.62. The highest BCUT2D eigenvalue weighted by atomic mass is 32.2. The zero-order valence-corrected chi connectivity index (χ0v) is 17.5. The van der Waals surface area contributed by atoms with Crippen LogP contribution in [0.4, 0.5) is 0 Å². The molecule has 1 unspecified atom stereocenters. The first-order chi connectivity index (χ1) is 13.4. The quantitative estimate of drug-likeness (QED) is 0.731. The molecule has 1 fully saturated rings. The number of sulfonamides is 1. The molecule has 1 saturated heterocycles. The maximum absolute atomic E-state index is 12.4. The van der Waals surface area contributed by atoms with Gasteiger partial charge in [-0.25, -0.2) is 13.1 Å². The molecule has 0 spiro atoms. The molecule has 6 heteroatoms. The summed E-state index contributed by atoms with van der Waals surface area (Å²) in [7, 11) is -3.48. The Kier molecular flexibility index (Phi) is 7.10. The van der Waals surface area contributed by atoms with E-state index >= 15 is 0 Å². The Morgan fingerprint density at radius 1 is 1.07 bits per heavy atom. The van der Waals surface area contributed by atoms with Crippen molar-refractivity contribution in [3.05, 3.63) is 59.7 Å². The Labute approximate surface area is 168 Å². The van der Waals surface area contributed by atoms with Crippen LogP contribution in [-0.4, -0.2) is 39.2 Å². The maximum Gasteiger partial charge on any atom is 0.240 e. The minimum Gasteiger partial charge on any atom is -0.475 e. The molecule has 0 amide bonds. The highest BCUT2D eigenvalue weighted by Crippen LogP contribution is 2.19. The first-order valence-corrected chi connectivity index (χ1v) is 11.5. The van der Waals surface area contributed by atoms with Crippen molar-refractivity contribution >= 4 is 10.0 Å². The van der Waals surface area contributed by atoms with Crippen LogP contribution in [-0.2, 0) is 16.4 Å². The molecule has 2 aromatic rings. The number of likely N-dealkylation sites (tertiary alicyclic amines) is 1. The van der Waals surface area contributed by atoms with Gasteiger partial charge in [-0.05, 0) is 62.9 Å². The molecule has 1 atom stereocenters. The van der Waals surface area contributed by atoms with E-state index in [4.69, 9.17) is 4.74 Å². The summed E-state index contributed by atoms with van der Waals surface area (Å²) in [5, 5.41) is 0. The van der Waals surface area contributed by atoms with Crippen molar-refractivity contribution in [2.75, 3.05) is 19.6 Å². The van der Waals surface area contributed by atoms with E-state index in [9.17, 15) is 8.42 Å². The Bertz CT molecular complexity index is 860. The molecule has 1 aliphatic rings. The molecule has 1 N–H and O–H groups in total. The number of hydrogen-bond donors (Lipinski definition) is 1. The van der Waals surface area contributed by atoms with E-state index in [0.29, 0.717) is 17.9 Å². The van der Waals surface area contributed by atoms with Gasteiger partial charge in [-0.3, -0.25) is 4.90 Å². The molecule has 28 heavy (non-hydrogen) atoms. The van der Waals surface area contributed by atoms with E-state index in [1.165, 1.54) is 19.3 Å². The summed E-state index contributed by atoms with van der Waals surface area (Å²) in [4.78, 5) is 2.66. The molecule has 3 rings (SSSR count). The van der Waals surface area contributed by atoms with Gasteiger partial charge in [0.05, 0.1) is 4.90 Å². The lowest BCUT2D eigenvalue weighted by Crippen LogP contribution is -2.40. The molecule has 1 aliphatic heterocycles. The fourth-order valence-electron chi connectivity index (χ4n) is 3.46. The van der Waals surface area contributed by atoms with Crippen LogP contribution in [0.1, 0.15) is 37.3 Å². The summed E-state index contributed by atoms with van der Waals surface area (Å²) in [5.41, 5.74) is 2.09. The lowest BCUT2D eigenvalue weighted by Gasteiger charge is -2.32. The van der Waals surface area contributed by atoms with Crippen molar-refractivity contribution < 1.29 is 13.2 Å². The molecule has 2 aromatic carbocycles. The molecule has 1 heterocycles. The molecular weight excluding hydrogens is 372 g/mol. The summed E-state index contributed by atoms with van der Waals surface area (Å²) in [6.07, 6.45) is 4.43. The van der Waals surface area contributed by atoms with Crippen LogP contribution in [0.2, 0.25) is 0 Å². The lowest BCUT2D eigenvalue weighted by molar-refractivity contribution is 0.0262. The van der Waals surface area contributed by atoms with Gasteiger partial charge < -0.3 is 4.74 Å². The van der Waals surface area contributed by atoms with E-state index in [1.54, 1.807) is 24.3 Å². The average Bonchev–Trinajstić information content (AvgIpc) is 2.69. The van der Waals surface area contributed by atoms with Gasteiger partial charge in [0.2, 0.25) is 10.0 Å². The van der Waals surface area contributed by atoms with Gasteiger partial charge in [0, 0.05) is 19.6 Å². The molecule has 0 bridgehead atoms. The fourth-order valence-corrected chi connectivity index (χ4v) is 4.49. The largest absolute Gasteiger partial charge is 0.475 e. The first kappa shape index (κ1) is 20.8. The Morgan fingerprint density at radius 2 is 1.79 bits per heavy atom. The second-order valence-corrected chi connectivity index (χ2v) is 9.19. The second-order valence-electron chi connectivity index (χ2n) is 7.42. The molecule has 0 radical (unpaired) electrons. The van der Waals surface area contributed by atoms with E-state index in [2.05, 4.69) is 16.5 Å². The number of nitrogens with zero attached hydrogens (tertiary/aromatic N) is 1. The number of rotatable bonds is 8. The van der Waals surface area contributed by atoms with Crippen molar-refractivity contribution in [2.45, 2.75) is 50.7 Å². The number of aryl methyl sites for hydroxylation is 1. The third-order valence-electron chi connectivity index (χ3n) is 5.15. The number of nitrogens with one attached hydrogen (secondary N) is 1. The predicted molar refractivity (Wildman–Crippen MR) is 112 cm³/mol. The minimum atomic E-state index is -3.48.